The number of rotatable bonds is 11. The Balaban J connectivity index is 1.29. The first-order valence-electron chi connectivity index (χ1n) is 16.8. The maximum atomic E-state index is 14.6. The predicted octanol–water partition coefficient (Wildman–Crippen LogP) is 7.50. The lowest BCUT2D eigenvalue weighted by Gasteiger charge is -2.37. The van der Waals surface area contributed by atoms with E-state index in [9.17, 15) is 31.5 Å². The van der Waals surface area contributed by atoms with Crippen molar-refractivity contribution in [3.8, 4) is 11.1 Å². The molecule has 1 unspecified atom stereocenters. The zero-order chi connectivity index (χ0) is 37.0. The fourth-order valence-electron chi connectivity index (χ4n) is 6.31. The van der Waals surface area contributed by atoms with Crippen molar-refractivity contribution in [1.82, 2.24) is 29.5 Å². The summed E-state index contributed by atoms with van der Waals surface area (Å²) in [4.78, 5) is 36.1. The second-order valence-corrected chi connectivity index (χ2v) is 13.9. The van der Waals surface area contributed by atoms with Gasteiger partial charge in [0.05, 0.1) is 11.8 Å². The van der Waals surface area contributed by atoms with Gasteiger partial charge in [-0.3, -0.25) is 14.7 Å². The monoisotopic (exact) mass is 736 g/mol. The van der Waals surface area contributed by atoms with Crippen molar-refractivity contribution >= 4 is 17.7 Å². The average molecular weight is 737 g/mol. The standard InChI is InChI=1S/C38H37F5N6O2S/c1-24(29-18-44-45-19-29)32-21-48(37(46-36(32)51)52-23-28-4-3-5-33(39)35(28)40)22-34(50)49(31-14-16-47(2)17-15-31)20-25-6-8-26(9-7-25)27-10-12-30(13-11-27)38(41,42)43/h3-13,18-19,21,24,31H,14-17,20,22-23H2,1-2H3,(H,44,45). The Morgan fingerprint density at radius 1 is 1.02 bits per heavy atom. The molecular formula is C38H37F5N6O2S. The molecule has 3 heterocycles. The zero-order valence-corrected chi connectivity index (χ0v) is 29.4. The van der Waals surface area contributed by atoms with E-state index in [1.54, 1.807) is 23.2 Å². The highest BCUT2D eigenvalue weighted by Gasteiger charge is 2.30. The first-order chi connectivity index (χ1) is 24.9. The van der Waals surface area contributed by atoms with Crippen LogP contribution in [-0.2, 0) is 29.8 Å². The summed E-state index contributed by atoms with van der Waals surface area (Å²) < 4.78 is 69.4. The second kappa shape index (κ2) is 15.8. The van der Waals surface area contributed by atoms with Crippen molar-refractivity contribution in [2.75, 3.05) is 20.1 Å². The van der Waals surface area contributed by atoms with Crippen molar-refractivity contribution in [2.24, 2.45) is 0 Å². The molecule has 52 heavy (non-hydrogen) atoms. The number of benzene rings is 3. The number of nitrogens with zero attached hydrogens (tertiary/aromatic N) is 5. The summed E-state index contributed by atoms with van der Waals surface area (Å²) in [5.74, 6) is -2.60. The van der Waals surface area contributed by atoms with E-state index in [0.717, 1.165) is 72.6 Å². The number of hydrogen-bond acceptors (Lipinski definition) is 6. The zero-order valence-electron chi connectivity index (χ0n) is 28.5. The number of carbonyl (C=O) groups excluding carboxylic acids is 1. The number of piperidine rings is 1. The maximum absolute atomic E-state index is 14.6. The molecule has 1 aliphatic rings. The van der Waals surface area contributed by atoms with E-state index in [4.69, 9.17) is 0 Å². The third-order valence-electron chi connectivity index (χ3n) is 9.47. The molecule has 0 saturated carbocycles. The smallest absolute Gasteiger partial charge is 0.334 e. The van der Waals surface area contributed by atoms with Crippen LogP contribution in [-0.4, -0.2) is 61.6 Å². The van der Waals surface area contributed by atoms with Crippen LogP contribution in [0.3, 0.4) is 0 Å². The van der Waals surface area contributed by atoms with Gasteiger partial charge in [-0.05, 0) is 73.4 Å². The molecule has 0 radical (unpaired) electrons. The van der Waals surface area contributed by atoms with Crippen molar-refractivity contribution in [3.05, 3.63) is 135 Å². The molecule has 1 N–H and O–H groups in total. The van der Waals surface area contributed by atoms with Crippen molar-refractivity contribution in [3.63, 3.8) is 0 Å². The fourth-order valence-corrected chi connectivity index (χ4v) is 7.25. The van der Waals surface area contributed by atoms with Gasteiger partial charge in [-0.1, -0.05) is 67.2 Å². The minimum atomic E-state index is -4.42. The van der Waals surface area contributed by atoms with Crippen molar-refractivity contribution in [1.29, 1.82) is 0 Å². The number of H-pyrrole nitrogens is 1. The van der Waals surface area contributed by atoms with Crippen LogP contribution < -0.4 is 5.56 Å². The van der Waals surface area contributed by atoms with Gasteiger partial charge in [0, 0.05) is 47.8 Å². The van der Waals surface area contributed by atoms with Gasteiger partial charge in [-0.15, -0.1) is 0 Å². The molecule has 5 aromatic rings. The third kappa shape index (κ3) is 8.61. The Morgan fingerprint density at radius 3 is 2.33 bits per heavy atom. The summed E-state index contributed by atoms with van der Waals surface area (Å²) in [7, 11) is 2.03. The van der Waals surface area contributed by atoms with Crippen molar-refractivity contribution in [2.45, 2.75) is 61.9 Å². The van der Waals surface area contributed by atoms with Crippen molar-refractivity contribution < 1.29 is 26.7 Å². The second-order valence-electron chi connectivity index (χ2n) is 13.0. The van der Waals surface area contributed by atoms with Crippen LogP contribution in [0.25, 0.3) is 11.1 Å². The molecule has 0 spiro atoms. The van der Waals surface area contributed by atoms with Gasteiger partial charge in [-0.2, -0.15) is 23.3 Å². The third-order valence-corrected chi connectivity index (χ3v) is 10.5. The Labute approximate surface area is 301 Å². The predicted molar refractivity (Wildman–Crippen MR) is 188 cm³/mol. The van der Waals surface area contributed by atoms with Crippen LogP contribution in [0.15, 0.2) is 95.3 Å². The molecule has 1 atom stereocenters. The highest BCUT2D eigenvalue weighted by molar-refractivity contribution is 7.98. The molecule has 2 aromatic heterocycles. The average Bonchev–Trinajstić information content (AvgIpc) is 3.68. The SMILES string of the molecule is CC(c1cn[nH]c1)c1cn(CC(=O)N(Cc2ccc(-c3ccc(C(F)(F)F)cc3)cc2)C2CCN(C)CC2)c(SCc2cccc(F)c2F)nc1=O. The van der Waals surface area contributed by atoms with E-state index < -0.39 is 34.9 Å². The molecular weight excluding hydrogens is 700 g/mol. The molecule has 0 bridgehead atoms. The molecule has 0 aliphatic carbocycles. The summed E-state index contributed by atoms with van der Waals surface area (Å²) in [5.41, 5.74) is 2.20. The Morgan fingerprint density at radius 2 is 1.69 bits per heavy atom. The van der Waals surface area contributed by atoms with Crippen LogP contribution in [0.2, 0.25) is 0 Å². The highest BCUT2D eigenvalue weighted by Crippen LogP contribution is 2.32. The Kier molecular flexibility index (Phi) is 11.2. The van der Waals surface area contributed by atoms with E-state index >= 15 is 0 Å². The van der Waals surface area contributed by atoms with Gasteiger partial charge in [-0.25, -0.2) is 8.78 Å². The number of thioether (sulfide) groups is 1. The largest absolute Gasteiger partial charge is 0.416 e. The van der Waals surface area contributed by atoms with Crippen LogP contribution in [0.1, 0.15) is 53.5 Å². The van der Waals surface area contributed by atoms with E-state index in [0.29, 0.717) is 11.1 Å². The first kappa shape index (κ1) is 37.0. The van der Waals surface area contributed by atoms with Gasteiger partial charge in [0.15, 0.2) is 16.8 Å². The van der Waals surface area contributed by atoms with Crippen LogP contribution in [0, 0.1) is 11.6 Å². The Hall–Kier alpha value is -4.82. The number of aromatic amines is 1. The molecule has 1 aliphatic heterocycles. The molecule has 3 aromatic carbocycles. The number of nitrogens with one attached hydrogen (secondary N) is 1. The number of carbonyl (C=O) groups is 1. The van der Waals surface area contributed by atoms with Gasteiger partial charge in [0.25, 0.3) is 5.56 Å². The minimum absolute atomic E-state index is 0.0230. The number of alkyl halides is 3. The van der Waals surface area contributed by atoms with Gasteiger partial charge in [0.1, 0.15) is 6.54 Å². The quantitative estimate of drug-likeness (QED) is 0.0860. The summed E-state index contributed by atoms with van der Waals surface area (Å²) in [5, 5.41) is 6.93. The number of likely N-dealkylation sites (tertiary alicyclic amines) is 1. The van der Waals surface area contributed by atoms with E-state index in [-0.39, 0.29) is 41.5 Å². The summed E-state index contributed by atoms with van der Waals surface area (Å²) in [6, 6.07) is 16.2. The van der Waals surface area contributed by atoms with Gasteiger partial charge in [0.2, 0.25) is 5.91 Å². The summed E-state index contributed by atoms with van der Waals surface area (Å²) in [6.45, 7) is 3.55. The summed E-state index contributed by atoms with van der Waals surface area (Å²) >= 11 is 1.04. The minimum Gasteiger partial charge on any atom is -0.334 e. The lowest BCUT2D eigenvalue weighted by atomic mass is 9.98. The number of aromatic nitrogens is 4. The van der Waals surface area contributed by atoms with Gasteiger partial charge < -0.3 is 14.4 Å². The van der Waals surface area contributed by atoms with Crippen LogP contribution in [0.5, 0.6) is 0 Å². The van der Waals surface area contributed by atoms with E-state index in [2.05, 4.69) is 20.1 Å². The number of halogens is 5. The number of amides is 1. The molecule has 8 nitrogen and oxygen atoms in total. The normalized spacial score (nSPS) is 14.8. The molecule has 272 valence electrons. The van der Waals surface area contributed by atoms with Crippen LogP contribution in [0.4, 0.5) is 22.0 Å². The fraction of sp³-hybridized carbons (Fsp3) is 0.316. The molecule has 1 saturated heterocycles. The molecule has 6 rings (SSSR count). The lowest BCUT2D eigenvalue weighted by Crippen LogP contribution is -2.47. The molecule has 14 heteroatoms. The van der Waals surface area contributed by atoms with E-state index in [1.165, 1.54) is 24.3 Å². The highest BCUT2D eigenvalue weighted by atomic mass is 32.2. The number of hydrogen-bond donors (Lipinski definition) is 1. The summed E-state index contributed by atoms with van der Waals surface area (Å²) in [6.07, 6.45) is 1.98. The Bertz CT molecular complexity index is 2040. The molecule has 1 fully saturated rings. The first-order valence-corrected chi connectivity index (χ1v) is 17.8. The maximum Gasteiger partial charge on any atom is 0.416 e. The topological polar surface area (TPSA) is 87.1 Å². The molecule has 1 amide bonds. The van der Waals surface area contributed by atoms with E-state index in [1.807, 2.05) is 43.1 Å². The lowest BCUT2D eigenvalue weighted by molar-refractivity contribution is -0.137. The van der Waals surface area contributed by atoms with Gasteiger partial charge >= 0.3 is 6.18 Å². The van der Waals surface area contributed by atoms with Crippen LogP contribution >= 0.6 is 11.8 Å².